The van der Waals surface area contributed by atoms with Crippen molar-refractivity contribution in [2.24, 2.45) is 4.99 Å². The van der Waals surface area contributed by atoms with Gasteiger partial charge in [0.15, 0.2) is 22.6 Å². The molecule has 1 fully saturated rings. The maximum Gasteiger partial charge on any atom is 0.190 e. The van der Waals surface area contributed by atoms with Gasteiger partial charge in [-0.25, -0.2) is 4.98 Å². The van der Waals surface area contributed by atoms with Crippen molar-refractivity contribution in [3.63, 3.8) is 0 Å². The number of hydrogen-bond donors (Lipinski definition) is 2. The maximum absolute atomic E-state index is 5.72. The largest absolute Gasteiger partial charge is 0.490 e. The number of aliphatic imine (C=N–C) groups is 1. The van der Waals surface area contributed by atoms with Crippen molar-refractivity contribution >= 4 is 46.4 Å². The SMILES string of the molecule is CCOc1ccc(CCNC(=NC)NCCc2csc(N3CCCC3)n2)cc1OCC.I. The number of hydrogen-bond acceptors (Lipinski definition) is 6. The minimum Gasteiger partial charge on any atom is -0.490 e. The monoisotopic (exact) mass is 573 g/mol. The predicted molar refractivity (Wildman–Crippen MR) is 145 cm³/mol. The second kappa shape index (κ2) is 14.4. The Morgan fingerprint density at radius 2 is 1.75 bits per heavy atom. The molecular formula is C23H36IN5O2S. The Bertz CT molecular complexity index is 840. The lowest BCUT2D eigenvalue weighted by molar-refractivity contribution is 0.287. The van der Waals surface area contributed by atoms with Gasteiger partial charge in [-0.2, -0.15) is 0 Å². The van der Waals surface area contributed by atoms with Crippen LogP contribution >= 0.6 is 35.3 Å². The molecule has 7 nitrogen and oxygen atoms in total. The Morgan fingerprint density at radius 3 is 2.44 bits per heavy atom. The van der Waals surface area contributed by atoms with Crippen molar-refractivity contribution in [1.82, 2.24) is 15.6 Å². The normalized spacial score (nSPS) is 13.6. The molecule has 0 aliphatic carbocycles. The fourth-order valence-electron chi connectivity index (χ4n) is 3.57. The van der Waals surface area contributed by atoms with Gasteiger partial charge in [-0.3, -0.25) is 4.99 Å². The molecule has 9 heteroatoms. The highest BCUT2D eigenvalue weighted by molar-refractivity contribution is 14.0. The Hall–Kier alpha value is -1.75. The van der Waals surface area contributed by atoms with Crippen LogP contribution in [-0.2, 0) is 12.8 Å². The van der Waals surface area contributed by atoms with Gasteiger partial charge in [0.25, 0.3) is 0 Å². The van der Waals surface area contributed by atoms with E-state index in [1.165, 1.54) is 18.4 Å². The summed E-state index contributed by atoms with van der Waals surface area (Å²) in [7, 11) is 1.80. The number of benzene rings is 1. The van der Waals surface area contributed by atoms with E-state index in [1.54, 1.807) is 18.4 Å². The van der Waals surface area contributed by atoms with Gasteiger partial charge in [-0.1, -0.05) is 6.07 Å². The average molecular weight is 574 g/mol. The Morgan fingerprint density at radius 1 is 1.06 bits per heavy atom. The standard InChI is InChI=1S/C23H35N5O2S.HI/c1-4-29-20-9-8-18(16-21(20)30-5-2)10-12-25-22(24-3)26-13-11-19-17-31-23(27-19)28-14-6-7-15-28;/h8-9,16-17H,4-7,10-15H2,1-3H3,(H2,24,25,26);1H. The van der Waals surface area contributed by atoms with Gasteiger partial charge in [0.05, 0.1) is 18.9 Å². The Labute approximate surface area is 213 Å². The third kappa shape index (κ3) is 7.99. The predicted octanol–water partition coefficient (Wildman–Crippen LogP) is 4.11. The van der Waals surface area contributed by atoms with E-state index in [2.05, 4.69) is 38.0 Å². The fraction of sp³-hybridized carbons (Fsp3) is 0.565. The molecule has 1 aromatic heterocycles. The zero-order chi connectivity index (χ0) is 21.9. The summed E-state index contributed by atoms with van der Waals surface area (Å²) in [5, 5.41) is 10.1. The molecule has 178 valence electrons. The molecule has 0 bridgehead atoms. The summed E-state index contributed by atoms with van der Waals surface area (Å²) in [6.07, 6.45) is 4.32. The van der Waals surface area contributed by atoms with E-state index in [9.17, 15) is 0 Å². The van der Waals surface area contributed by atoms with Crippen LogP contribution in [0.5, 0.6) is 11.5 Å². The van der Waals surface area contributed by atoms with Crippen LogP contribution in [0.15, 0.2) is 28.6 Å². The number of nitrogens with zero attached hydrogens (tertiary/aromatic N) is 3. The van der Waals surface area contributed by atoms with Gasteiger partial charge in [0.1, 0.15) is 0 Å². The first-order valence-corrected chi connectivity index (χ1v) is 12.1. The van der Waals surface area contributed by atoms with Crippen LogP contribution in [0.4, 0.5) is 5.13 Å². The first-order chi connectivity index (χ1) is 15.2. The smallest absolute Gasteiger partial charge is 0.190 e. The second-order valence-corrected chi connectivity index (χ2v) is 8.23. The van der Waals surface area contributed by atoms with Crippen molar-refractivity contribution in [3.05, 3.63) is 34.8 Å². The number of rotatable bonds is 11. The van der Waals surface area contributed by atoms with Crippen LogP contribution in [0.25, 0.3) is 0 Å². The van der Waals surface area contributed by atoms with Gasteiger partial charge in [-0.15, -0.1) is 35.3 Å². The summed E-state index contributed by atoms with van der Waals surface area (Å²) in [6, 6.07) is 6.14. The number of guanidine groups is 1. The number of aromatic nitrogens is 1. The van der Waals surface area contributed by atoms with Crippen LogP contribution in [0.2, 0.25) is 0 Å². The molecule has 2 aromatic rings. The second-order valence-electron chi connectivity index (χ2n) is 7.39. The lowest BCUT2D eigenvalue weighted by Crippen LogP contribution is -2.39. The molecule has 0 amide bonds. The summed E-state index contributed by atoms with van der Waals surface area (Å²) in [6.45, 7) is 9.09. The van der Waals surface area contributed by atoms with E-state index in [1.807, 2.05) is 19.9 Å². The van der Waals surface area contributed by atoms with E-state index < -0.39 is 0 Å². The lowest BCUT2D eigenvalue weighted by Gasteiger charge is -2.14. The molecule has 0 spiro atoms. The number of nitrogens with one attached hydrogen (secondary N) is 2. The summed E-state index contributed by atoms with van der Waals surface area (Å²) >= 11 is 1.75. The zero-order valence-corrected chi connectivity index (χ0v) is 22.5. The lowest BCUT2D eigenvalue weighted by atomic mass is 10.1. The first-order valence-electron chi connectivity index (χ1n) is 11.3. The molecule has 0 radical (unpaired) electrons. The fourth-order valence-corrected chi connectivity index (χ4v) is 4.48. The molecule has 0 unspecified atom stereocenters. The molecule has 0 atom stereocenters. The van der Waals surface area contributed by atoms with Crippen LogP contribution in [0.3, 0.4) is 0 Å². The van der Waals surface area contributed by atoms with Crippen molar-refractivity contribution in [2.45, 2.75) is 39.5 Å². The molecule has 32 heavy (non-hydrogen) atoms. The molecule has 2 heterocycles. The summed E-state index contributed by atoms with van der Waals surface area (Å²) in [5.41, 5.74) is 2.35. The zero-order valence-electron chi connectivity index (χ0n) is 19.4. The van der Waals surface area contributed by atoms with Crippen molar-refractivity contribution < 1.29 is 9.47 Å². The van der Waals surface area contributed by atoms with E-state index in [-0.39, 0.29) is 24.0 Å². The average Bonchev–Trinajstić information content (AvgIpc) is 3.46. The topological polar surface area (TPSA) is 71.0 Å². The van der Waals surface area contributed by atoms with Crippen LogP contribution in [-0.4, -0.2) is 57.4 Å². The van der Waals surface area contributed by atoms with E-state index >= 15 is 0 Å². The van der Waals surface area contributed by atoms with E-state index in [0.717, 1.165) is 67.3 Å². The molecule has 0 saturated carbocycles. The molecule has 1 aliphatic heterocycles. The molecule has 1 aromatic carbocycles. The highest BCUT2D eigenvalue weighted by Gasteiger charge is 2.15. The minimum atomic E-state index is 0. The Kier molecular flexibility index (Phi) is 11.9. The molecule has 3 rings (SSSR count). The third-order valence-corrected chi connectivity index (χ3v) is 6.08. The molecule has 1 saturated heterocycles. The third-order valence-electron chi connectivity index (χ3n) is 5.13. The van der Waals surface area contributed by atoms with E-state index in [4.69, 9.17) is 14.5 Å². The summed E-state index contributed by atoms with van der Waals surface area (Å²) in [5.74, 6) is 2.42. The van der Waals surface area contributed by atoms with Crippen LogP contribution < -0.4 is 25.0 Å². The first kappa shape index (κ1) is 26.5. The van der Waals surface area contributed by atoms with Crippen molar-refractivity contribution in [2.75, 3.05) is 51.3 Å². The minimum absolute atomic E-state index is 0. The number of halogens is 1. The molecule has 1 aliphatic rings. The number of anilines is 1. The Balaban J connectivity index is 0.00000363. The van der Waals surface area contributed by atoms with Crippen molar-refractivity contribution in [3.8, 4) is 11.5 Å². The van der Waals surface area contributed by atoms with Gasteiger partial charge < -0.3 is 25.0 Å². The quantitative estimate of drug-likeness (QED) is 0.240. The highest BCUT2D eigenvalue weighted by Crippen LogP contribution is 2.28. The molecular weight excluding hydrogens is 537 g/mol. The maximum atomic E-state index is 5.72. The number of thiazole rings is 1. The molecule has 2 N–H and O–H groups in total. The van der Waals surface area contributed by atoms with Crippen molar-refractivity contribution in [1.29, 1.82) is 0 Å². The highest BCUT2D eigenvalue weighted by atomic mass is 127. The summed E-state index contributed by atoms with van der Waals surface area (Å²) < 4.78 is 11.4. The van der Waals surface area contributed by atoms with Gasteiger partial charge in [0.2, 0.25) is 0 Å². The number of ether oxygens (including phenoxy) is 2. The van der Waals surface area contributed by atoms with Crippen LogP contribution in [0, 0.1) is 0 Å². The van der Waals surface area contributed by atoms with E-state index in [0.29, 0.717) is 13.2 Å². The van der Waals surface area contributed by atoms with Gasteiger partial charge >= 0.3 is 0 Å². The van der Waals surface area contributed by atoms with Gasteiger partial charge in [0, 0.05) is 45.0 Å². The summed E-state index contributed by atoms with van der Waals surface area (Å²) in [4.78, 5) is 11.5. The van der Waals surface area contributed by atoms with Crippen LogP contribution in [0.1, 0.15) is 37.9 Å². The van der Waals surface area contributed by atoms with Gasteiger partial charge in [-0.05, 0) is 50.8 Å².